The number of nitrogens with one attached hydrogen (secondary N) is 2. The van der Waals surface area contributed by atoms with Crippen molar-refractivity contribution in [2.45, 2.75) is 32.8 Å². The zero-order valence-electron chi connectivity index (χ0n) is 19.6. The summed E-state index contributed by atoms with van der Waals surface area (Å²) < 4.78 is 10.9. The van der Waals surface area contributed by atoms with Gasteiger partial charge in [-0.2, -0.15) is 5.10 Å². The summed E-state index contributed by atoms with van der Waals surface area (Å²) in [5, 5.41) is 10.8. The predicted octanol–water partition coefficient (Wildman–Crippen LogP) is 5.60. The third kappa shape index (κ3) is 4.78. The van der Waals surface area contributed by atoms with Crippen LogP contribution in [0.25, 0.3) is 22.0 Å². The van der Waals surface area contributed by atoms with E-state index in [-0.39, 0.29) is 0 Å². The number of amides is 1. The van der Waals surface area contributed by atoms with Gasteiger partial charge < -0.3 is 14.8 Å². The van der Waals surface area contributed by atoms with E-state index in [1.54, 1.807) is 31.4 Å². The van der Waals surface area contributed by atoms with E-state index < -0.39 is 18.0 Å². The van der Waals surface area contributed by atoms with E-state index in [9.17, 15) is 9.59 Å². The van der Waals surface area contributed by atoms with E-state index in [0.717, 1.165) is 27.8 Å². The maximum atomic E-state index is 13.0. The third-order valence-electron chi connectivity index (χ3n) is 5.63. The van der Waals surface area contributed by atoms with Crippen molar-refractivity contribution in [3.05, 3.63) is 77.9 Å². The van der Waals surface area contributed by atoms with Crippen LogP contribution in [-0.2, 0) is 14.3 Å². The molecule has 1 amide bonds. The van der Waals surface area contributed by atoms with Crippen molar-refractivity contribution in [1.82, 2.24) is 10.2 Å². The normalized spacial score (nSPS) is 11.9. The van der Waals surface area contributed by atoms with Crippen molar-refractivity contribution in [3.8, 4) is 16.9 Å². The molecule has 7 heteroatoms. The minimum atomic E-state index is -1.08. The minimum absolute atomic E-state index is 0.363. The number of aromatic nitrogens is 2. The smallest absolute Gasteiger partial charge is 0.303 e. The average Bonchev–Trinajstić information content (AvgIpc) is 3.24. The molecule has 1 heterocycles. The Morgan fingerprint density at radius 3 is 2.41 bits per heavy atom. The second-order valence-electron chi connectivity index (χ2n) is 8.34. The van der Waals surface area contributed by atoms with Gasteiger partial charge in [0.15, 0.2) is 5.82 Å². The van der Waals surface area contributed by atoms with Crippen molar-refractivity contribution < 1.29 is 19.1 Å². The van der Waals surface area contributed by atoms with Gasteiger partial charge in [-0.3, -0.25) is 14.7 Å². The summed E-state index contributed by atoms with van der Waals surface area (Å²) in [6, 6.07) is 20.9. The molecule has 2 N–H and O–H groups in total. The van der Waals surface area contributed by atoms with Crippen LogP contribution in [0, 0.1) is 0 Å². The van der Waals surface area contributed by atoms with Crippen LogP contribution < -0.4 is 10.1 Å². The van der Waals surface area contributed by atoms with Crippen LogP contribution in [0.1, 0.15) is 43.9 Å². The summed E-state index contributed by atoms with van der Waals surface area (Å²) in [4.78, 5) is 24.6. The summed E-state index contributed by atoms with van der Waals surface area (Å²) in [7, 11) is 1.66. The standard InChI is InChI=1S/C27H27N3O4/c1-16(2)19-11-13-24(33-4)22(14-19)20-10-12-21-23(15-20)29-30-26(21)28-27(32)25(34-17(3)31)18-8-6-5-7-9-18/h5-16,25H,1-4H3,(H2,28,29,30,32). The fraction of sp³-hybridized carbons (Fsp3) is 0.222. The zero-order chi connectivity index (χ0) is 24.2. The molecule has 0 fully saturated rings. The largest absolute Gasteiger partial charge is 0.496 e. The SMILES string of the molecule is COc1ccc(C(C)C)cc1-c1ccc2c(NC(=O)C(OC(C)=O)c3ccccc3)n[nH]c2c1. The van der Waals surface area contributed by atoms with Gasteiger partial charge in [-0.05, 0) is 41.3 Å². The molecule has 1 atom stereocenters. The first-order valence-electron chi connectivity index (χ1n) is 11.1. The lowest BCUT2D eigenvalue weighted by atomic mass is 9.96. The van der Waals surface area contributed by atoms with Gasteiger partial charge in [-0.15, -0.1) is 0 Å². The molecule has 0 bridgehead atoms. The molecule has 4 rings (SSSR count). The van der Waals surface area contributed by atoms with Crippen molar-refractivity contribution >= 4 is 28.6 Å². The number of hydrogen-bond donors (Lipinski definition) is 2. The summed E-state index contributed by atoms with van der Waals surface area (Å²) >= 11 is 0. The monoisotopic (exact) mass is 457 g/mol. The lowest BCUT2D eigenvalue weighted by Crippen LogP contribution is -2.25. The fourth-order valence-electron chi connectivity index (χ4n) is 3.84. The molecular formula is C27H27N3O4. The molecule has 0 aliphatic rings. The minimum Gasteiger partial charge on any atom is -0.496 e. The second kappa shape index (κ2) is 9.79. The highest BCUT2D eigenvalue weighted by Gasteiger charge is 2.25. The first-order chi connectivity index (χ1) is 16.4. The Morgan fingerprint density at radius 1 is 0.971 bits per heavy atom. The number of rotatable bonds is 7. The number of carbonyl (C=O) groups is 2. The van der Waals surface area contributed by atoms with Gasteiger partial charge in [-0.1, -0.05) is 56.3 Å². The Hall–Kier alpha value is -4.13. The predicted molar refractivity (Wildman–Crippen MR) is 132 cm³/mol. The molecule has 4 aromatic rings. The molecule has 1 unspecified atom stereocenters. The van der Waals surface area contributed by atoms with Crippen LogP contribution in [0.3, 0.4) is 0 Å². The Balaban J connectivity index is 1.65. The van der Waals surface area contributed by atoms with Crippen molar-refractivity contribution in [2.24, 2.45) is 0 Å². The molecule has 7 nitrogen and oxygen atoms in total. The number of hydrogen-bond acceptors (Lipinski definition) is 5. The van der Waals surface area contributed by atoms with Gasteiger partial charge in [0.25, 0.3) is 5.91 Å². The number of H-pyrrole nitrogens is 1. The molecular weight excluding hydrogens is 430 g/mol. The van der Waals surface area contributed by atoms with E-state index in [1.807, 2.05) is 30.3 Å². The quantitative estimate of drug-likeness (QED) is 0.352. The topological polar surface area (TPSA) is 93.3 Å². The highest BCUT2D eigenvalue weighted by molar-refractivity contribution is 6.03. The summed E-state index contributed by atoms with van der Waals surface area (Å²) in [6.45, 7) is 5.57. The van der Waals surface area contributed by atoms with Crippen LogP contribution in [-0.4, -0.2) is 29.2 Å². The van der Waals surface area contributed by atoms with Crippen LogP contribution in [0.5, 0.6) is 5.75 Å². The number of aromatic amines is 1. The molecule has 0 radical (unpaired) electrons. The zero-order valence-corrected chi connectivity index (χ0v) is 19.6. The Kier molecular flexibility index (Phi) is 6.63. The average molecular weight is 458 g/mol. The van der Waals surface area contributed by atoms with E-state index >= 15 is 0 Å². The van der Waals surface area contributed by atoms with Gasteiger partial charge in [0.2, 0.25) is 6.10 Å². The highest BCUT2D eigenvalue weighted by Crippen LogP contribution is 2.35. The molecule has 0 aliphatic carbocycles. The molecule has 0 aliphatic heterocycles. The molecule has 1 aromatic heterocycles. The first kappa shape index (κ1) is 23.0. The second-order valence-corrected chi connectivity index (χ2v) is 8.34. The Labute approximate surface area is 198 Å². The number of esters is 1. The highest BCUT2D eigenvalue weighted by atomic mass is 16.5. The van der Waals surface area contributed by atoms with Gasteiger partial charge in [0.1, 0.15) is 5.75 Å². The van der Waals surface area contributed by atoms with Gasteiger partial charge in [0.05, 0.1) is 12.6 Å². The van der Waals surface area contributed by atoms with Gasteiger partial charge in [-0.25, -0.2) is 0 Å². The molecule has 3 aromatic carbocycles. The number of ether oxygens (including phenoxy) is 2. The number of carbonyl (C=O) groups excluding carboxylic acids is 2. The van der Waals surface area contributed by atoms with E-state index in [2.05, 4.69) is 41.5 Å². The molecule has 0 spiro atoms. The van der Waals surface area contributed by atoms with Crippen LogP contribution >= 0.6 is 0 Å². The number of fused-ring (bicyclic) bond motifs is 1. The van der Waals surface area contributed by atoms with Crippen LogP contribution in [0.15, 0.2) is 66.7 Å². The maximum absolute atomic E-state index is 13.0. The van der Waals surface area contributed by atoms with Gasteiger partial charge in [0, 0.05) is 23.4 Å². The Morgan fingerprint density at radius 2 is 1.74 bits per heavy atom. The lowest BCUT2D eigenvalue weighted by Gasteiger charge is -2.16. The summed E-state index contributed by atoms with van der Waals surface area (Å²) in [5.41, 5.74) is 4.50. The van der Waals surface area contributed by atoms with Crippen molar-refractivity contribution in [3.63, 3.8) is 0 Å². The third-order valence-corrected chi connectivity index (χ3v) is 5.63. The lowest BCUT2D eigenvalue weighted by molar-refractivity contribution is -0.152. The van der Waals surface area contributed by atoms with Crippen LogP contribution in [0.2, 0.25) is 0 Å². The molecule has 174 valence electrons. The molecule has 34 heavy (non-hydrogen) atoms. The van der Waals surface area contributed by atoms with Crippen molar-refractivity contribution in [2.75, 3.05) is 12.4 Å². The van der Waals surface area contributed by atoms with Crippen molar-refractivity contribution in [1.29, 1.82) is 0 Å². The molecule has 0 saturated carbocycles. The number of methoxy groups -OCH3 is 1. The number of benzene rings is 3. The number of nitrogens with zero attached hydrogens (tertiary/aromatic N) is 1. The van der Waals surface area contributed by atoms with Gasteiger partial charge >= 0.3 is 5.97 Å². The maximum Gasteiger partial charge on any atom is 0.303 e. The Bertz CT molecular complexity index is 1330. The number of anilines is 1. The fourth-order valence-corrected chi connectivity index (χ4v) is 3.84. The van der Waals surface area contributed by atoms with E-state index in [0.29, 0.717) is 17.3 Å². The van der Waals surface area contributed by atoms with Crippen LogP contribution in [0.4, 0.5) is 5.82 Å². The summed E-state index contributed by atoms with van der Waals surface area (Å²) in [5.74, 6) is 0.506. The summed E-state index contributed by atoms with van der Waals surface area (Å²) in [6.07, 6.45) is -1.08. The van der Waals surface area contributed by atoms with E-state index in [4.69, 9.17) is 9.47 Å². The van der Waals surface area contributed by atoms with E-state index in [1.165, 1.54) is 12.5 Å². The molecule has 0 saturated heterocycles. The first-order valence-corrected chi connectivity index (χ1v) is 11.1.